The molecule has 6 heteroatoms. The van der Waals surface area contributed by atoms with E-state index < -0.39 is 4.92 Å². The molecule has 2 rings (SSSR count). The number of non-ortho nitro benzene ring substituents is 1. The quantitative estimate of drug-likeness (QED) is 0.641. The summed E-state index contributed by atoms with van der Waals surface area (Å²) in [4.78, 5) is 21.5. The van der Waals surface area contributed by atoms with Gasteiger partial charge in [0.05, 0.1) is 10.4 Å². The summed E-state index contributed by atoms with van der Waals surface area (Å²) < 4.78 is 1.68. The Kier molecular flexibility index (Phi) is 2.78. The number of aromatic nitrogens is 1. The average Bonchev–Trinajstić information content (AvgIpc) is 2.71. The number of rotatable bonds is 3. The van der Waals surface area contributed by atoms with Crippen molar-refractivity contribution in [3.8, 4) is 0 Å². The third-order valence-electron chi connectivity index (χ3n) is 2.56. The van der Waals surface area contributed by atoms with Gasteiger partial charge in [-0.2, -0.15) is 0 Å². The second-order valence-electron chi connectivity index (χ2n) is 3.62. The van der Waals surface area contributed by atoms with Crippen LogP contribution in [0.2, 0.25) is 0 Å². The predicted molar refractivity (Wildman–Crippen MR) is 62.7 cm³/mol. The number of fused-ring (bicyclic) bond motifs is 1. The molecule has 0 unspecified atom stereocenters. The van der Waals surface area contributed by atoms with E-state index in [0.717, 1.165) is 5.39 Å². The van der Waals surface area contributed by atoms with Gasteiger partial charge in [-0.15, -0.1) is 0 Å². The van der Waals surface area contributed by atoms with E-state index in [1.165, 1.54) is 12.1 Å². The van der Waals surface area contributed by atoms with Crippen LogP contribution in [0, 0.1) is 10.1 Å². The number of nitrogens with zero attached hydrogens (tertiary/aromatic N) is 2. The van der Waals surface area contributed by atoms with Gasteiger partial charge in [0.2, 0.25) is 5.91 Å². The van der Waals surface area contributed by atoms with Gasteiger partial charge >= 0.3 is 0 Å². The van der Waals surface area contributed by atoms with Crippen LogP contribution in [0.3, 0.4) is 0 Å². The maximum atomic E-state index is 11.3. The van der Waals surface area contributed by atoms with Crippen LogP contribution in [0.4, 0.5) is 5.69 Å². The summed E-state index contributed by atoms with van der Waals surface area (Å²) in [6.45, 7) is 0.154. The molecule has 0 atom stereocenters. The number of benzene rings is 1. The van der Waals surface area contributed by atoms with Crippen LogP contribution in [-0.4, -0.2) is 22.4 Å². The molecule has 0 aliphatic heterocycles. The van der Waals surface area contributed by atoms with Crippen molar-refractivity contribution in [1.82, 2.24) is 9.88 Å². The molecular weight excluding hydrogens is 222 g/mol. The summed E-state index contributed by atoms with van der Waals surface area (Å²) in [6, 6.07) is 6.42. The number of nitro groups is 1. The monoisotopic (exact) mass is 233 g/mol. The largest absolute Gasteiger partial charge is 0.358 e. The number of hydrogen-bond donors (Lipinski definition) is 1. The van der Waals surface area contributed by atoms with Gasteiger partial charge in [-0.25, -0.2) is 0 Å². The van der Waals surface area contributed by atoms with Crippen molar-refractivity contribution < 1.29 is 9.72 Å². The van der Waals surface area contributed by atoms with Crippen LogP contribution in [0.15, 0.2) is 30.5 Å². The SMILES string of the molecule is CNC(=O)Cn1ccc2ccc([N+](=O)[O-])cc21. The summed E-state index contributed by atoms with van der Waals surface area (Å²) in [7, 11) is 1.55. The van der Waals surface area contributed by atoms with Crippen LogP contribution in [-0.2, 0) is 11.3 Å². The molecule has 0 aliphatic rings. The van der Waals surface area contributed by atoms with E-state index in [0.29, 0.717) is 5.52 Å². The van der Waals surface area contributed by atoms with Gasteiger partial charge in [0.15, 0.2) is 0 Å². The number of nitro benzene ring substituents is 1. The molecule has 1 heterocycles. The average molecular weight is 233 g/mol. The summed E-state index contributed by atoms with van der Waals surface area (Å²) in [6.07, 6.45) is 1.74. The Hall–Kier alpha value is -2.37. The lowest BCUT2D eigenvalue weighted by Gasteiger charge is -2.03. The van der Waals surface area contributed by atoms with Crippen molar-refractivity contribution >= 4 is 22.5 Å². The molecule has 0 fully saturated rings. The fraction of sp³-hybridized carbons (Fsp3) is 0.182. The molecule has 0 spiro atoms. The lowest BCUT2D eigenvalue weighted by Crippen LogP contribution is -2.22. The first-order valence-corrected chi connectivity index (χ1v) is 5.05. The normalized spacial score (nSPS) is 10.4. The highest BCUT2D eigenvalue weighted by atomic mass is 16.6. The molecule has 1 aromatic heterocycles. The van der Waals surface area contributed by atoms with Crippen molar-refractivity contribution in [2.45, 2.75) is 6.54 Å². The number of likely N-dealkylation sites (N-methyl/N-ethyl adjacent to an activating group) is 1. The number of carbonyl (C=O) groups is 1. The number of amides is 1. The Morgan fingerprint density at radius 1 is 1.47 bits per heavy atom. The van der Waals surface area contributed by atoms with E-state index in [-0.39, 0.29) is 18.1 Å². The zero-order valence-electron chi connectivity index (χ0n) is 9.21. The fourth-order valence-electron chi connectivity index (χ4n) is 1.66. The zero-order chi connectivity index (χ0) is 12.4. The predicted octanol–water partition coefficient (Wildman–Crippen LogP) is 1.30. The third kappa shape index (κ3) is 2.10. The Bertz CT molecular complexity index is 589. The third-order valence-corrected chi connectivity index (χ3v) is 2.56. The van der Waals surface area contributed by atoms with Crippen LogP contribution in [0.25, 0.3) is 10.9 Å². The van der Waals surface area contributed by atoms with Crippen LogP contribution < -0.4 is 5.32 Å². The first kappa shape index (κ1) is 11.1. The van der Waals surface area contributed by atoms with Crippen LogP contribution >= 0.6 is 0 Å². The maximum Gasteiger partial charge on any atom is 0.271 e. The van der Waals surface area contributed by atoms with Crippen molar-refractivity contribution in [1.29, 1.82) is 0 Å². The molecule has 1 aromatic carbocycles. The van der Waals surface area contributed by atoms with Crippen molar-refractivity contribution in [3.63, 3.8) is 0 Å². The Morgan fingerprint density at radius 3 is 2.88 bits per heavy atom. The zero-order valence-corrected chi connectivity index (χ0v) is 9.21. The van der Waals surface area contributed by atoms with E-state index in [1.54, 1.807) is 23.9 Å². The minimum atomic E-state index is -0.448. The highest BCUT2D eigenvalue weighted by molar-refractivity contribution is 5.84. The second-order valence-corrected chi connectivity index (χ2v) is 3.62. The van der Waals surface area contributed by atoms with Crippen molar-refractivity contribution in [2.24, 2.45) is 0 Å². The number of hydrogen-bond acceptors (Lipinski definition) is 3. The van der Waals surface area contributed by atoms with Gasteiger partial charge in [0.1, 0.15) is 6.54 Å². The fourth-order valence-corrected chi connectivity index (χ4v) is 1.66. The minimum Gasteiger partial charge on any atom is -0.358 e. The highest BCUT2D eigenvalue weighted by Gasteiger charge is 2.10. The minimum absolute atomic E-state index is 0.0226. The molecular formula is C11H11N3O3. The van der Waals surface area contributed by atoms with E-state index in [4.69, 9.17) is 0 Å². The van der Waals surface area contributed by atoms with E-state index in [9.17, 15) is 14.9 Å². The molecule has 0 saturated heterocycles. The Morgan fingerprint density at radius 2 is 2.24 bits per heavy atom. The van der Waals surface area contributed by atoms with E-state index >= 15 is 0 Å². The molecule has 0 radical (unpaired) electrons. The second kappa shape index (κ2) is 4.25. The van der Waals surface area contributed by atoms with Gasteiger partial charge in [-0.3, -0.25) is 14.9 Å². The summed E-state index contributed by atoms with van der Waals surface area (Å²) in [5, 5.41) is 14.1. The molecule has 0 saturated carbocycles. The van der Waals surface area contributed by atoms with Crippen molar-refractivity contribution in [2.75, 3.05) is 7.05 Å². The van der Waals surface area contributed by atoms with Crippen LogP contribution in [0.1, 0.15) is 0 Å². The molecule has 2 aromatic rings. The van der Waals surface area contributed by atoms with Gasteiger partial charge in [0.25, 0.3) is 5.69 Å². The molecule has 0 bridgehead atoms. The van der Waals surface area contributed by atoms with Gasteiger partial charge in [-0.1, -0.05) is 0 Å². The lowest BCUT2D eigenvalue weighted by molar-refractivity contribution is -0.384. The van der Waals surface area contributed by atoms with Gasteiger partial charge < -0.3 is 9.88 Å². The van der Waals surface area contributed by atoms with Gasteiger partial charge in [-0.05, 0) is 12.1 Å². The Labute approximate surface area is 97.0 Å². The summed E-state index contributed by atoms with van der Waals surface area (Å²) in [5.41, 5.74) is 0.706. The number of nitrogens with one attached hydrogen (secondary N) is 1. The number of carbonyl (C=O) groups excluding carboxylic acids is 1. The standard InChI is InChI=1S/C11H11N3O3/c1-12-11(15)7-13-5-4-8-2-3-9(14(16)17)6-10(8)13/h2-6H,7H2,1H3,(H,12,15). The van der Waals surface area contributed by atoms with Gasteiger partial charge in [0, 0.05) is 30.8 Å². The summed E-state index contributed by atoms with van der Waals surface area (Å²) >= 11 is 0. The maximum absolute atomic E-state index is 11.3. The first-order valence-electron chi connectivity index (χ1n) is 5.05. The smallest absolute Gasteiger partial charge is 0.271 e. The molecule has 6 nitrogen and oxygen atoms in total. The van der Waals surface area contributed by atoms with E-state index in [1.807, 2.05) is 6.07 Å². The highest BCUT2D eigenvalue weighted by Crippen LogP contribution is 2.21. The van der Waals surface area contributed by atoms with Crippen LogP contribution in [0.5, 0.6) is 0 Å². The molecule has 88 valence electrons. The molecule has 1 N–H and O–H groups in total. The topological polar surface area (TPSA) is 77.2 Å². The summed E-state index contributed by atoms with van der Waals surface area (Å²) in [5.74, 6) is -0.144. The van der Waals surface area contributed by atoms with E-state index in [2.05, 4.69) is 5.32 Å². The Balaban J connectivity index is 2.46. The molecule has 17 heavy (non-hydrogen) atoms. The molecule has 1 amide bonds. The molecule has 0 aliphatic carbocycles. The first-order chi connectivity index (χ1) is 8.11. The van der Waals surface area contributed by atoms with Crippen molar-refractivity contribution in [3.05, 3.63) is 40.6 Å². The lowest BCUT2D eigenvalue weighted by atomic mass is 10.2.